The first-order valence-corrected chi connectivity index (χ1v) is 13.4. The molecule has 0 bridgehead atoms. The Morgan fingerprint density at radius 3 is 2.18 bits per heavy atom. The number of carbonyl (C=O) groups is 1. The van der Waals surface area contributed by atoms with Gasteiger partial charge in [0.25, 0.3) is 0 Å². The second-order valence-corrected chi connectivity index (χ2v) is 10.7. The van der Waals surface area contributed by atoms with Crippen LogP contribution in [0.2, 0.25) is 0 Å². The average Bonchev–Trinajstić information content (AvgIpc) is 3.38. The van der Waals surface area contributed by atoms with E-state index in [1.54, 1.807) is 24.5 Å². The molecule has 0 aliphatic heterocycles. The topological polar surface area (TPSA) is 75.1 Å². The Bertz CT molecular complexity index is 1500. The number of amides is 1. The minimum absolute atomic E-state index is 0.109. The highest BCUT2D eigenvalue weighted by atomic mass is 32.1. The van der Waals surface area contributed by atoms with Crippen LogP contribution in [0.15, 0.2) is 109 Å². The molecule has 38 heavy (non-hydrogen) atoms. The number of pyridine rings is 1. The standard InChI is InChI=1S/C32H29N3O2S/c1-32(2,29(25-6-4-3-5-7-25)26-12-14-28(36)15-13-26)30(37)35-31-34-27(21-38-31)20-22-8-10-23(11-9-22)24-16-18-33-19-17-24/h3-19,21,29,36H,20H2,1-2H3,(H,34,35,37). The average molecular weight is 520 g/mol. The molecule has 0 aliphatic rings. The van der Waals surface area contributed by atoms with E-state index in [1.165, 1.54) is 11.3 Å². The number of hydrogen-bond donors (Lipinski definition) is 2. The lowest BCUT2D eigenvalue weighted by Crippen LogP contribution is -2.37. The van der Waals surface area contributed by atoms with Crippen LogP contribution in [0.25, 0.3) is 11.1 Å². The fourth-order valence-corrected chi connectivity index (χ4v) is 5.45. The summed E-state index contributed by atoms with van der Waals surface area (Å²) in [7, 11) is 0. The summed E-state index contributed by atoms with van der Waals surface area (Å²) >= 11 is 1.44. The van der Waals surface area contributed by atoms with Crippen LogP contribution in [0.1, 0.15) is 42.1 Å². The normalized spacial score (nSPS) is 12.2. The lowest BCUT2D eigenvalue weighted by Gasteiger charge is -2.33. The molecule has 6 heteroatoms. The number of phenols is 1. The fraction of sp³-hybridized carbons (Fsp3) is 0.156. The molecule has 0 fully saturated rings. The zero-order chi connectivity index (χ0) is 26.5. The minimum atomic E-state index is -0.785. The molecule has 0 radical (unpaired) electrons. The number of hydrogen-bond acceptors (Lipinski definition) is 5. The highest BCUT2D eigenvalue weighted by molar-refractivity contribution is 7.13. The molecular formula is C32H29N3O2S. The molecule has 0 aliphatic carbocycles. The van der Waals surface area contributed by atoms with Gasteiger partial charge in [-0.2, -0.15) is 0 Å². The third-order valence-electron chi connectivity index (χ3n) is 6.79. The van der Waals surface area contributed by atoms with E-state index < -0.39 is 5.41 Å². The summed E-state index contributed by atoms with van der Waals surface area (Å²) in [4.78, 5) is 22.4. The first kappa shape index (κ1) is 25.4. The first-order chi connectivity index (χ1) is 18.4. The quantitative estimate of drug-likeness (QED) is 0.226. The van der Waals surface area contributed by atoms with Gasteiger partial charge < -0.3 is 10.4 Å². The number of phenolic OH excluding ortho intramolecular Hbond substituents is 1. The smallest absolute Gasteiger partial charge is 0.232 e. The molecule has 3 aromatic carbocycles. The number of nitrogens with zero attached hydrogens (tertiary/aromatic N) is 2. The Hall–Kier alpha value is -4.29. The Morgan fingerprint density at radius 1 is 0.868 bits per heavy atom. The predicted molar refractivity (Wildman–Crippen MR) is 153 cm³/mol. The summed E-state index contributed by atoms with van der Waals surface area (Å²) in [6.45, 7) is 3.90. The predicted octanol–water partition coefficient (Wildman–Crippen LogP) is 7.30. The molecule has 5 aromatic rings. The van der Waals surface area contributed by atoms with Gasteiger partial charge in [0.2, 0.25) is 5.91 Å². The number of aromatic nitrogens is 2. The Labute approximate surface area is 226 Å². The van der Waals surface area contributed by atoms with Gasteiger partial charge in [0.05, 0.1) is 11.1 Å². The highest BCUT2D eigenvalue weighted by Gasteiger charge is 2.39. The third-order valence-corrected chi connectivity index (χ3v) is 7.60. The molecule has 2 aromatic heterocycles. The molecule has 1 unspecified atom stereocenters. The van der Waals surface area contributed by atoms with Crippen LogP contribution < -0.4 is 5.32 Å². The van der Waals surface area contributed by atoms with Gasteiger partial charge in [-0.25, -0.2) is 4.98 Å². The number of carbonyl (C=O) groups excluding carboxylic acids is 1. The zero-order valence-corrected chi connectivity index (χ0v) is 22.2. The number of benzene rings is 3. The molecule has 2 heterocycles. The fourth-order valence-electron chi connectivity index (χ4n) is 4.74. The van der Waals surface area contributed by atoms with Crippen molar-refractivity contribution in [3.8, 4) is 16.9 Å². The van der Waals surface area contributed by atoms with Gasteiger partial charge in [-0.05, 0) is 52.1 Å². The Balaban J connectivity index is 1.31. The maximum atomic E-state index is 13.6. The van der Waals surface area contributed by atoms with E-state index in [4.69, 9.17) is 4.98 Å². The van der Waals surface area contributed by atoms with E-state index in [9.17, 15) is 9.90 Å². The summed E-state index contributed by atoms with van der Waals surface area (Å²) < 4.78 is 0. The van der Waals surface area contributed by atoms with Gasteiger partial charge in [-0.15, -0.1) is 11.3 Å². The van der Waals surface area contributed by atoms with Crippen molar-refractivity contribution in [2.24, 2.45) is 5.41 Å². The molecule has 0 saturated carbocycles. The van der Waals surface area contributed by atoms with E-state index in [2.05, 4.69) is 34.6 Å². The van der Waals surface area contributed by atoms with Crippen molar-refractivity contribution in [1.82, 2.24) is 9.97 Å². The first-order valence-electron chi connectivity index (χ1n) is 12.5. The number of rotatable bonds is 8. The SMILES string of the molecule is CC(C)(C(=O)Nc1nc(Cc2ccc(-c3ccncc3)cc2)cs1)C(c1ccccc1)c1ccc(O)cc1. The van der Waals surface area contributed by atoms with Gasteiger partial charge in [-0.3, -0.25) is 9.78 Å². The van der Waals surface area contributed by atoms with E-state index in [0.717, 1.165) is 33.5 Å². The number of anilines is 1. The van der Waals surface area contributed by atoms with Crippen LogP contribution in [0.4, 0.5) is 5.13 Å². The maximum Gasteiger partial charge on any atom is 0.232 e. The Morgan fingerprint density at radius 2 is 1.50 bits per heavy atom. The summed E-state index contributed by atoms with van der Waals surface area (Å²) in [5.74, 6) is -0.116. The molecule has 5 nitrogen and oxygen atoms in total. The maximum absolute atomic E-state index is 13.6. The van der Waals surface area contributed by atoms with Crippen LogP contribution >= 0.6 is 11.3 Å². The molecule has 190 valence electrons. The van der Waals surface area contributed by atoms with Crippen molar-refractivity contribution in [2.45, 2.75) is 26.2 Å². The van der Waals surface area contributed by atoms with Gasteiger partial charge in [0.1, 0.15) is 5.75 Å². The molecule has 0 spiro atoms. The Kier molecular flexibility index (Phi) is 7.33. The molecule has 5 rings (SSSR count). The van der Waals surface area contributed by atoms with Crippen LogP contribution in [0, 0.1) is 5.41 Å². The lowest BCUT2D eigenvalue weighted by atomic mass is 9.70. The van der Waals surface area contributed by atoms with Gasteiger partial charge >= 0.3 is 0 Å². The highest BCUT2D eigenvalue weighted by Crippen LogP contribution is 2.42. The van der Waals surface area contributed by atoms with E-state index in [0.29, 0.717) is 11.6 Å². The second-order valence-electron chi connectivity index (χ2n) is 9.86. The van der Waals surface area contributed by atoms with Crippen molar-refractivity contribution < 1.29 is 9.90 Å². The summed E-state index contributed by atoms with van der Waals surface area (Å²) in [6, 6.07) is 29.5. The van der Waals surface area contributed by atoms with Crippen LogP contribution in [-0.4, -0.2) is 21.0 Å². The van der Waals surface area contributed by atoms with Crippen LogP contribution in [-0.2, 0) is 11.2 Å². The number of nitrogens with one attached hydrogen (secondary N) is 1. The number of thiazole rings is 1. The van der Waals surface area contributed by atoms with E-state index in [-0.39, 0.29) is 17.6 Å². The van der Waals surface area contributed by atoms with Crippen molar-refractivity contribution in [2.75, 3.05) is 5.32 Å². The van der Waals surface area contributed by atoms with Crippen molar-refractivity contribution >= 4 is 22.4 Å². The molecule has 0 saturated heterocycles. The van der Waals surface area contributed by atoms with Crippen molar-refractivity contribution in [3.63, 3.8) is 0 Å². The monoisotopic (exact) mass is 519 g/mol. The summed E-state index contributed by atoms with van der Waals surface area (Å²) in [5, 5.41) is 15.4. The lowest BCUT2D eigenvalue weighted by molar-refractivity contribution is -0.124. The number of aromatic hydroxyl groups is 1. The van der Waals surface area contributed by atoms with Gasteiger partial charge in [0, 0.05) is 30.1 Å². The van der Waals surface area contributed by atoms with E-state index in [1.807, 2.05) is 73.8 Å². The van der Waals surface area contributed by atoms with Crippen molar-refractivity contribution in [3.05, 3.63) is 131 Å². The van der Waals surface area contributed by atoms with Crippen molar-refractivity contribution in [1.29, 1.82) is 0 Å². The van der Waals surface area contributed by atoms with Crippen LogP contribution in [0.3, 0.4) is 0 Å². The van der Waals surface area contributed by atoms with Gasteiger partial charge in [-0.1, -0.05) is 80.6 Å². The zero-order valence-electron chi connectivity index (χ0n) is 21.3. The van der Waals surface area contributed by atoms with Gasteiger partial charge in [0.15, 0.2) is 5.13 Å². The summed E-state index contributed by atoms with van der Waals surface area (Å²) in [5.41, 5.74) is 5.56. The molecule has 2 N–H and O–H groups in total. The molecule has 1 atom stereocenters. The third kappa shape index (κ3) is 5.66. The summed E-state index contributed by atoms with van der Waals surface area (Å²) in [6.07, 6.45) is 4.28. The minimum Gasteiger partial charge on any atom is -0.508 e. The largest absolute Gasteiger partial charge is 0.508 e. The van der Waals surface area contributed by atoms with Crippen LogP contribution in [0.5, 0.6) is 5.75 Å². The molecular weight excluding hydrogens is 490 g/mol. The molecule has 1 amide bonds. The second kappa shape index (κ2) is 11.0. The van der Waals surface area contributed by atoms with E-state index >= 15 is 0 Å².